The summed E-state index contributed by atoms with van der Waals surface area (Å²) in [5, 5.41) is 1.65. The zero-order valence-electron chi connectivity index (χ0n) is 17.0. The molecule has 0 saturated carbocycles. The molecule has 0 aliphatic heterocycles. The van der Waals surface area contributed by atoms with E-state index in [1.165, 1.54) is 0 Å². The number of fused-ring (bicyclic) bond motifs is 1. The first-order valence-corrected chi connectivity index (χ1v) is 11.0. The third-order valence-electron chi connectivity index (χ3n) is 5.26. The Hall–Kier alpha value is -3.38. The molecule has 2 heterocycles. The Morgan fingerprint density at radius 1 is 0.848 bits per heavy atom. The summed E-state index contributed by atoms with van der Waals surface area (Å²) in [6.07, 6.45) is 3.62. The van der Waals surface area contributed by atoms with Crippen molar-refractivity contribution < 1.29 is 4.79 Å². The molecule has 0 saturated heterocycles. The zero-order chi connectivity index (χ0) is 23.1. The summed E-state index contributed by atoms with van der Waals surface area (Å²) in [5.74, 6) is 0.00273. The first-order valence-electron chi connectivity index (χ1n) is 9.90. The second-order valence-corrected chi connectivity index (χ2v) is 8.68. The smallest absolute Gasteiger partial charge is 0.248 e. The molecule has 0 atom stereocenters. The van der Waals surface area contributed by atoms with Crippen molar-refractivity contribution in [1.29, 1.82) is 0 Å². The van der Waals surface area contributed by atoms with Gasteiger partial charge >= 0.3 is 0 Å². The number of hydrogen-bond donors (Lipinski definition) is 1. The van der Waals surface area contributed by atoms with Gasteiger partial charge in [0.25, 0.3) is 0 Å². The number of primary amides is 1. The predicted octanol–water partition coefficient (Wildman–Crippen LogP) is 6.79. The van der Waals surface area contributed by atoms with Gasteiger partial charge in [0.15, 0.2) is 0 Å². The Morgan fingerprint density at radius 3 is 2.33 bits per heavy atom. The van der Waals surface area contributed by atoms with Gasteiger partial charge in [-0.1, -0.05) is 59.1 Å². The second kappa shape index (κ2) is 8.52. The number of amides is 1. The summed E-state index contributed by atoms with van der Waals surface area (Å²) < 4.78 is 1.88. The van der Waals surface area contributed by atoms with E-state index in [1.807, 2.05) is 47.0 Å². The first kappa shape index (κ1) is 21.5. The molecule has 5 nitrogen and oxygen atoms in total. The number of halogens is 3. The van der Waals surface area contributed by atoms with Gasteiger partial charge < -0.3 is 5.73 Å². The highest BCUT2D eigenvalue weighted by molar-refractivity contribution is 6.36. The number of carbonyl (C=O) groups excluding carboxylic acids is 1. The van der Waals surface area contributed by atoms with Gasteiger partial charge in [0, 0.05) is 44.7 Å². The fraction of sp³-hybridized carbons (Fsp3) is 0. The quantitative estimate of drug-likeness (QED) is 0.299. The van der Waals surface area contributed by atoms with E-state index in [1.54, 1.807) is 36.5 Å². The molecule has 1 amide bonds. The van der Waals surface area contributed by atoms with Gasteiger partial charge in [-0.15, -0.1) is 0 Å². The van der Waals surface area contributed by atoms with E-state index in [2.05, 4.69) is 4.98 Å². The Kier molecular flexibility index (Phi) is 5.54. The number of rotatable bonds is 4. The molecule has 0 fully saturated rings. The van der Waals surface area contributed by atoms with Crippen molar-refractivity contribution in [2.45, 2.75) is 0 Å². The van der Waals surface area contributed by atoms with Crippen LogP contribution in [0.3, 0.4) is 0 Å². The molecule has 5 aromatic rings. The van der Waals surface area contributed by atoms with Crippen LogP contribution in [0.2, 0.25) is 15.1 Å². The maximum atomic E-state index is 11.6. The van der Waals surface area contributed by atoms with Gasteiger partial charge in [-0.3, -0.25) is 9.20 Å². The van der Waals surface area contributed by atoms with Crippen molar-refractivity contribution in [3.05, 3.63) is 99.8 Å². The first-order chi connectivity index (χ1) is 15.9. The number of carbonyl (C=O) groups is 1. The van der Waals surface area contributed by atoms with Crippen molar-refractivity contribution in [1.82, 2.24) is 14.4 Å². The molecule has 0 bridgehead atoms. The summed E-state index contributed by atoms with van der Waals surface area (Å²) >= 11 is 18.8. The molecule has 3 aromatic carbocycles. The third kappa shape index (κ3) is 4.07. The maximum absolute atomic E-state index is 11.6. The lowest BCUT2D eigenvalue weighted by molar-refractivity contribution is 0.100. The minimum atomic E-state index is -0.493. The molecule has 0 spiro atoms. The van der Waals surface area contributed by atoms with Crippen LogP contribution in [-0.2, 0) is 0 Å². The number of hydrogen-bond acceptors (Lipinski definition) is 3. The van der Waals surface area contributed by atoms with Gasteiger partial charge in [-0.05, 0) is 48.0 Å². The summed E-state index contributed by atoms with van der Waals surface area (Å²) in [5.41, 5.74) is 10.5. The van der Waals surface area contributed by atoms with Crippen LogP contribution < -0.4 is 5.73 Å². The monoisotopic (exact) mass is 492 g/mol. The van der Waals surface area contributed by atoms with Gasteiger partial charge in [0.2, 0.25) is 11.7 Å². The van der Waals surface area contributed by atoms with E-state index >= 15 is 0 Å². The van der Waals surface area contributed by atoms with E-state index in [9.17, 15) is 4.79 Å². The van der Waals surface area contributed by atoms with Crippen molar-refractivity contribution in [2.75, 3.05) is 0 Å². The van der Waals surface area contributed by atoms with Gasteiger partial charge in [0.05, 0.1) is 16.4 Å². The highest BCUT2D eigenvalue weighted by Gasteiger charge is 2.20. The number of nitrogens with two attached hydrogens (primary N) is 1. The average Bonchev–Trinajstić information content (AvgIpc) is 3.18. The average molecular weight is 494 g/mol. The van der Waals surface area contributed by atoms with Crippen LogP contribution in [0.1, 0.15) is 10.4 Å². The fourth-order valence-corrected chi connectivity index (χ4v) is 4.31. The summed E-state index contributed by atoms with van der Waals surface area (Å²) in [7, 11) is 0. The lowest BCUT2D eigenvalue weighted by Crippen LogP contribution is -2.10. The van der Waals surface area contributed by atoms with Crippen LogP contribution in [0.4, 0.5) is 0 Å². The van der Waals surface area contributed by atoms with E-state index in [-0.39, 0.29) is 0 Å². The summed E-state index contributed by atoms with van der Waals surface area (Å²) in [6.45, 7) is 0. The molecule has 162 valence electrons. The van der Waals surface area contributed by atoms with Crippen LogP contribution in [0, 0.1) is 0 Å². The Labute approximate surface area is 204 Å². The molecule has 0 unspecified atom stereocenters. The minimum Gasteiger partial charge on any atom is -0.366 e. The van der Waals surface area contributed by atoms with Gasteiger partial charge in [0.1, 0.15) is 0 Å². The summed E-state index contributed by atoms with van der Waals surface area (Å²) in [6, 6.07) is 19.8. The second-order valence-electron chi connectivity index (χ2n) is 7.40. The summed E-state index contributed by atoms with van der Waals surface area (Å²) in [4.78, 5) is 21.0. The largest absolute Gasteiger partial charge is 0.366 e. The predicted molar refractivity (Wildman–Crippen MR) is 133 cm³/mol. The SMILES string of the molecule is NC(=O)c1cccc(-c2cnc3nc(-c4ccc(Cl)cc4)c(-c4ccc(Cl)cc4Cl)n3c2)c1. The van der Waals surface area contributed by atoms with Crippen LogP contribution in [0.5, 0.6) is 0 Å². The topological polar surface area (TPSA) is 73.3 Å². The van der Waals surface area contributed by atoms with E-state index < -0.39 is 5.91 Å². The molecule has 0 aliphatic carbocycles. The molecule has 2 aromatic heterocycles. The Morgan fingerprint density at radius 2 is 1.61 bits per heavy atom. The van der Waals surface area contributed by atoms with Crippen molar-refractivity contribution >= 4 is 46.5 Å². The third-order valence-corrected chi connectivity index (χ3v) is 6.06. The molecular formula is C25H15Cl3N4O. The standard InChI is InChI=1S/C25H15Cl3N4O/c26-18-6-4-14(5-7-18)22-23(20-9-8-19(27)11-21(20)28)32-13-17(12-30-25(32)31-22)15-2-1-3-16(10-15)24(29)33/h1-13H,(H2,29,33). The van der Waals surface area contributed by atoms with Crippen molar-refractivity contribution in [3.8, 4) is 33.6 Å². The number of aromatic nitrogens is 3. The normalized spacial score (nSPS) is 11.1. The van der Waals surface area contributed by atoms with Crippen LogP contribution in [-0.4, -0.2) is 20.3 Å². The number of nitrogens with zero attached hydrogens (tertiary/aromatic N) is 3. The van der Waals surface area contributed by atoms with E-state index in [0.29, 0.717) is 32.1 Å². The van der Waals surface area contributed by atoms with Crippen LogP contribution >= 0.6 is 34.8 Å². The molecule has 0 radical (unpaired) electrons. The highest BCUT2D eigenvalue weighted by atomic mass is 35.5. The molecular weight excluding hydrogens is 479 g/mol. The zero-order valence-corrected chi connectivity index (χ0v) is 19.2. The number of imidazole rings is 1. The van der Waals surface area contributed by atoms with Crippen LogP contribution in [0.15, 0.2) is 79.1 Å². The molecule has 33 heavy (non-hydrogen) atoms. The molecule has 8 heteroatoms. The number of benzene rings is 3. The van der Waals surface area contributed by atoms with Crippen molar-refractivity contribution in [2.24, 2.45) is 5.73 Å². The Bertz CT molecular complexity index is 1530. The minimum absolute atomic E-state index is 0.418. The van der Waals surface area contributed by atoms with E-state index in [0.717, 1.165) is 27.9 Å². The highest BCUT2D eigenvalue weighted by Crippen LogP contribution is 2.38. The molecule has 2 N–H and O–H groups in total. The van der Waals surface area contributed by atoms with E-state index in [4.69, 9.17) is 45.5 Å². The van der Waals surface area contributed by atoms with Crippen LogP contribution in [0.25, 0.3) is 39.4 Å². The van der Waals surface area contributed by atoms with Gasteiger partial charge in [-0.2, -0.15) is 0 Å². The van der Waals surface area contributed by atoms with Gasteiger partial charge in [-0.25, -0.2) is 9.97 Å². The lowest BCUT2D eigenvalue weighted by Gasteiger charge is -2.10. The molecule has 5 rings (SSSR count). The fourth-order valence-electron chi connectivity index (χ4n) is 3.68. The van der Waals surface area contributed by atoms with Crippen molar-refractivity contribution in [3.63, 3.8) is 0 Å². The molecule has 0 aliphatic rings. The maximum Gasteiger partial charge on any atom is 0.248 e. The Balaban J connectivity index is 1.78. The lowest BCUT2D eigenvalue weighted by atomic mass is 10.0.